The van der Waals surface area contributed by atoms with Gasteiger partial charge in [0.15, 0.2) is 0 Å². The molecule has 0 saturated heterocycles. The Bertz CT molecular complexity index is 98.7. The van der Waals surface area contributed by atoms with E-state index in [9.17, 15) is 4.79 Å². The Hall–Kier alpha value is -0.370. The molecule has 0 spiro atoms. The highest BCUT2D eigenvalue weighted by Crippen LogP contribution is 2.05. The molecule has 0 fully saturated rings. The molecule has 0 aliphatic rings. The van der Waals surface area contributed by atoms with Crippen molar-refractivity contribution in [3.63, 3.8) is 0 Å². The smallest absolute Gasteiger partial charge is 0.132 e. The molecule has 2 radical (unpaired) electrons. The van der Waals surface area contributed by atoms with Crippen LogP contribution in [0.3, 0.4) is 0 Å². The molecule has 0 heterocycles. The summed E-state index contributed by atoms with van der Waals surface area (Å²) in [5, 5.41) is 0. The lowest BCUT2D eigenvalue weighted by atomic mass is 10.1. The zero-order valence-electron chi connectivity index (χ0n) is 8.97. The SMILES string of the molecule is CCCCCC(=O)CCCCC.[O]. The van der Waals surface area contributed by atoms with Gasteiger partial charge >= 0.3 is 0 Å². The van der Waals surface area contributed by atoms with Gasteiger partial charge in [-0.3, -0.25) is 4.79 Å². The van der Waals surface area contributed by atoms with Gasteiger partial charge < -0.3 is 0 Å². The van der Waals surface area contributed by atoms with Crippen LogP contribution in [0.2, 0.25) is 0 Å². The molecule has 13 heavy (non-hydrogen) atoms. The number of hydrogen-bond acceptors (Lipinski definition) is 1. The van der Waals surface area contributed by atoms with Crippen LogP contribution in [0.5, 0.6) is 0 Å². The van der Waals surface area contributed by atoms with E-state index in [1.807, 2.05) is 0 Å². The largest absolute Gasteiger partial charge is 0.300 e. The molecule has 2 nitrogen and oxygen atoms in total. The highest BCUT2D eigenvalue weighted by Gasteiger charge is 1.99. The Balaban J connectivity index is 0. The lowest BCUT2D eigenvalue weighted by Gasteiger charge is -1.98. The fraction of sp³-hybridized carbons (Fsp3) is 0.909. The van der Waals surface area contributed by atoms with Gasteiger partial charge in [-0.2, -0.15) is 0 Å². The van der Waals surface area contributed by atoms with Crippen LogP contribution >= 0.6 is 0 Å². The molecular formula is C11H22O2. The normalized spacial score (nSPS) is 9.38. The summed E-state index contributed by atoms with van der Waals surface area (Å²) in [5.74, 6) is 0.469. The molecule has 0 saturated carbocycles. The van der Waals surface area contributed by atoms with Crippen LogP contribution in [0.1, 0.15) is 65.2 Å². The second-order valence-electron chi connectivity index (χ2n) is 3.45. The number of carbonyl (C=O) groups is 1. The van der Waals surface area contributed by atoms with Crippen LogP contribution < -0.4 is 0 Å². The molecule has 78 valence electrons. The Labute approximate surface area is 82.0 Å². The second kappa shape index (κ2) is 11.6. The molecule has 0 aromatic heterocycles. The van der Waals surface area contributed by atoms with E-state index >= 15 is 0 Å². The van der Waals surface area contributed by atoms with Crippen molar-refractivity contribution in [2.75, 3.05) is 0 Å². The van der Waals surface area contributed by atoms with Gasteiger partial charge in [0.2, 0.25) is 0 Å². The molecule has 0 aromatic rings. The molecule has 0 aliphatic carbocycles. The van der Waals surface area contributed by atoms with Crippen LogP contribution in [0.25, 0.3) is 0 Å². The van der Waals surface area contributed by atoms with Crippen LogP contribution in [0.4, 0.5) is 0 Å². The van der Waals surface area contributed by atoms with E-state index in [1.165, 1.54) is 25.7 Å². The van der Waals surface area contributed by atoms with Crippen molar-refractivity contribution in [3.05, 3.63) is 0 Å². The highest BCUT2D eigenvalue weighted by molar-refractivity contribution is 5.78. The van der Waals surface area contributed by atoms with Crippen molar-refractivity contribution in [1.29, 1.82) is 0 Å². The first kappa shape index (κ1) is 15.1. The van der Waals surface area contributed by atoms with Crippen molar-refractivity contribution in [3.8, 4) is 0 Å². The summed E-state index contributed by atoms with van der Waals surface area (Å²) >= 11 is 0. The molecule has 2 heteroatoms. The minimum Gasteiger partial charge on any atom is -0.300 e. The fourth-order valence-corrected chi connectivity index (χ4v) is 1.27. The van der Waals surface area contributed by atoms with Crippen molar-refractivity contribution >= 4 is 5.78 Å². The topological polar surface area (TPSA) is 45.6 Å². The maximum absolute atomic E-state index is 11.2. The summed E-state index contributed by atoms with van der Waals surface area (Å²) in [6.07, 6.45) is 8.67. The van der Waals surface area contributed by atoms with Gasteiger partial charge in [-0.15, -0.1) is 0 Å². The van der Waals surface area contributed by atoms with Crippen LogP contribution in [0.15, 0.2) is 0 Å². The van der Waals surface area contributed by atoms with Crippen molar-refractivity contribution in [1.82, 2.24) is 0 Å². The third kappa shape index (κ3) is 11.6. The Kier molecular flexibility index (Phi) is 13.5. The van der Waals surface area contributed by atoms with E-state index in [0.29, 0.717) is 5.78 Å². The number of hydrogen-bond donors (Lipinski definition) is 0. The summed E-state index contributed by atoms with van der Waals surface area (Å²) in [6.45, 7) is 4.34. The summed E-state index contributed by atoms with van der Waals surface area (Å²) in [6, 6.07) is 0. The second-order valence-corrected chi connectivity index (χ2v) is 3.45. The molecule has 0 N–H and O–H groups in total. The van der Waals surface area contributed by atoms with E-state index in [1.54, 1.807) is 0 Å². The molecule has 0 aliphatic heterocycles. The summed E-state index contributed by atoms with van der Waals surface area (Å²) in [7, 11) is 0. The fourth-order valence-electron chi connectivity index (χ4n) is 1.27. The van der Waals surface area contributed by atoms with Crippen molar-refractivity contribution in [2.45, 2.75) is 65.2 Å². The molecule has 0 atom stereocenters. The average molecular weight is 186 g/mol. The van der Waals surface area contributed by atoms with E-state index in [2.05, 4.69) is 13.8 Å². The van der Waals surface area contributed by atoms with Crippen LogP contribution in [-0.4, -0.2) is 5.78 Å². The zero-order valence-corrected chi connectivity index (χ0v) is 8.97. The number of ketones is 1. The third-order valence-electron chi connectivity index (χ3n) is 2.12. The average Bonchev–Trinajstić information content (AvgIpc) is 2.06. The maximum atomic E-state index is 11.2. The number of Topliss-reactive ketones (excluding diaryl/α,β-unsaturated/α-hetero) is 1. The first-order chi connectivity index (χ1) is 5.81. The summed E-state index contributed by atoms with van der Waals surface area (Å²) in [4.78, 5) is 11.2. The lowest BCUT2D eigenvalue weighted by molar-refractivity contribution is -0.119. The first-order valence-corrected chi connectivity index (χ1v) is 5.33. The third-order valence-corrected chi connectivity index (χ3v) is 2.12. The lowest BCUT2D eigenvalue weighted by Crippen LogP contribution is -1.96. The molecular weight excluding hydrogens is 164 g/mol. The molecule has 0 aromatic carbocycles. The Morgan fingerprint density at radius 3 is 1.54 bits per heavy atom. The van der Waals surface area contributed by atoms with Gasteiger partial charge in [0, 0.05) is 18.3 Å². The maximum Gasteiger partial charge on any atom is 0.132 e. The monoisotopic (exact) mass is 186 g/mol. The summed E-state index contributed by atoms with van der Waals surface area (Å²) in [5.41, 5.74) is 0. The van der Waals surface area contributed by atoms with Gasteiger partial charge in [0.05, 0.1) is 0 Å². The van der Waals surface area contributed by atoms with Gasteiger partial charge in [-0.05, 0) is 12.8 Å². The Morgan fingerprint density at radius 1 is 0.846 bits per heavy atom. The van der Waals surface area contributed by atoms with Crippen molar-refractivity contribution in [2.24, 2.45) is 0 Å². The molecule has 0 bridgehead atoms. The molecule has 0 unspecified atom stereocenters. The Morgan fingerprint density at radius 2 is 1.23 bits per heavy atom. The van der Waals surface area contributed by atoms with E-state index in [0.717, 1.165) is 25.7 Å². The molecule has 0 rings (SSSR count). The minimum absolute atomic E-state index is 0. The van der Waals surface area contributed by atoms with Crippen LogP contribution in [0, 0.1) is 0 Å². The van der Waals surface area contributed by atoms with Gasteiger partial charge in [-0.25, -0.2) is 0 Å². The van der Waals surface area contributed by atoms with Gasteiger partial charge in [0.25, 0.3) is 0 Å². The summed E-state index contributed by atoms with van der Waals surface area (Å²) < 4.78 is 0. The standard InChI is InChI=1S/C11H22O.O/c1-3-5-7-9-11(12)10-8-6-4-2;/h3-10H2,1-2H3;. The number of unbranched alkanes of at least 4 members (excludes halogenated alkanes) is 4. The quantitative estimate of drug-likeness (QED) is 0.534. The van der Waals surface area contributed by atoms with Gasteiger partial charge in [0.1, 0.15) is 5.78 Å². The van der Waals surface area contributed by atoms with Crippen molar-refractivity contribution < 1.29 is 10.3 Å². The van der Waals surface area contributed by atoms with Crippen LogP contribution in [-0.2, 0) is 10.3 Å². The molecule has 0 amide bonds. The predicted octanol–water partition coefficient (Wildman–Crippen LogP) is 3.60. The minimum atomic E-state index is 0. The van der Waals surface area contributed by atoms with E-state index in [-0.39, 0.29) is 5.48 Å². The van der Waals surface area contributed by atoms with E-state index < -0.39 is 0 Å². The van der Waals surface area contributed by atoms with E-state index in [4.69, 9.17) is 0 Å². The number of rotatable bonds is 8. The number of carbonyl (C=O) groups excluding carboxylic acids is 1. The highest BCUT2D eigenvalue weighted by atomic mass is 16.1. The zero-order chi connectivity index (χ0) is 9.23. The predicted molar refractivity (Wildman–Crippen MR) is 54.0 cm³/mol. The first-order valence-electron chi connectivity index (χ1n) is 5.33. The van der Waals surface area contributed by atoms with Gasteiger partial charge in [-0.1, -0.05) is 39.5 Å².